The molecule has 36 heavy (non-hydrogen) atoms. The summed E-state index contributed by atoms with van der Waals surface area (Å²) in [7, 11) is 1.45. The fraction of sp³-hybridized carbons (Fsp3) is 0.214. The second-order valence-corrected chi connectivity index (χ2v) is 9.77. The third kappa shape index (κ3) is 3.88. The molecule has 2 aliphatic rings. The van der Waals surface area contributed by atoms with Crippen molar-refractivity contribution < 1.29 is 27.8 Å². The van der Waals surface area contributed by atoms with Crippen LogP contribution in [0.5, 0.6) is 17.2 Å². The fourth-order valence-electron chi connectivity index (χ4n) is 4.97. The van der Waals surface area contributed by atoms with Crippen molar-refractivity contribution in [1.82, 2.24) is 0 Å². The fourth-order valence-corrected chi connectivity index (χ4v) is 5.26. The summed E-state index contributed by atoms with van der Waals surface area (Å²) >= 11 is 6.22. The number of phenolic OH excluding ortho intramolecular Hbond substituents is 1. The van der Waals surface area contributed by atoms with Crippen LogP contribution in [-0.2, 0) is 6.18 Å². The second-order valence-electron chi connectivity index (χ2n) is 9.39. The molecule has 0 radical (unpaired) electrons. The molecule has 4 nitrogen and oxygen atoms in total. The Kier molecular flexibility index (Phi) is 5.52. The van der Waals surface area contributed by atoms with Crippen LogP contribution in [-0.4, -0.2) is 17.8 Å². The van der Waals surface area contributed by atoms with Crippen LogP contribution in [0.15, 0.2) is 48.5 Å². The van der Waals surface area contributed by atoms with Crippen molar-refractivity contribution in [2.45, 2.75) is 32.5 Å². The van der Waals surface area contributed by atoms with E-state index < -0.39 is 16.8 Å². The van der Waals surface area contributed by atoms with Gasteiger partial charge in [0.1, 0.15) is 11.5 Å². The smallest absolute Gasteiger partial charge is 0.417 e. The first kappa shape index (κ1) is 24.1. The van der Waals surface area contributed by atoms with Gasteiger partial charge in [0, 0.05) is 22.4 Å². The molecule has 3 aromatic carbocycles. The molecule has 0 aromatic heterocycles. The van der Waals surface area contributed by atoms with E-state index >= 15 is 0 Å². The average Bonchev–Trinajstić information content (AvgIpc) is 2.78. The lowest BCUT2D eigenvalue weighted by molar-refractivity contribution is -0.137. The molecule has 3 aromatic rings. The first-order valence-electron chi connectivity index (χ1n) is 11.2. The number of anilines is 1. The number of hydrogen-bond donors (Lipinski definition) is 2. The molecule has 0 atom stereocenters. The van der Waals surface area contributed by atoms with Gasteiger partial charge in [0.25, 0.3) is 0 Å². The molecular formula is C28H23ClF3NO3. The Hall–Kier alpha value is -3.58. The zero-order valence-electron chi connectivity index (χ0n) is 20.0. The first-order valence-corrected chi connectivity index (χ1v) is 11.6. The van der Waals surface area contributed by atoms with Crippen molar-refractivity contribution in [2.24, 2.45) is 0 Å². The third-order valence-corrected chi connectivity index (χ3v) is 6.71. The number of hydrogen-bond acceptors (Lipinski definition) is 4. The minimum absolute atomic E-state index is 0.0524. The zero-order chi connectivity index (χ0) is 26.0. The van der Waals surface area contributed by atoms with Crippen molar-refractivity contribution in [3.05, 3.63) is 75.8 Å². The quantitative estimate of drug-likeness (QED) is 0.362. The number of phenols is 1. The molecule has 0 fully saturated rings. The molecule has 0 amide bonds. The lowest BCUT2D eigenvalue weighted by Gasteiger charge is -2.35. The monoisotopic (exact) mass is 513 g/mol. The Bertz CT molecular complexity index is 1470. The molecule has 0 aliphatic carbocycles. The van der Waals surface area contributed by atoms with Gasteiger partial charge < -0.3 is 19.9 Å². The van der Waals surface area contributed by atoms with E-state index in [-0.39, 0.29) is 22.6 Å². The minimum atomic E-state index is -4.59. The molecule has 0 saturated carbocycles. The van der Waals surface area contributed by atoms with E-state index in [1.54, 1.807) is 6.07 Å². The van der Waals surface area contributed by atoms with E-state index in [1.165, 1.54) is 31.4 Å². The Morgan fingerprint density at radius 1 is 1.06 bits per heavy atom. The van der Waals surface area contributed by atoms with Crippen molar-refractivity contribution >= 4 is 34.7 Å². The predicted molar refractivity (Wildman–Crippen MR) is 136 cm³/mol. The third-order valence-electron chi connectivity index (χ3n) is 6.29. The Morgan fingerprint density at radius 3 is 2.50 bits per heavy atom. The van der Waals surface area contributed by atoms with Crippen LogP contribution in [0.1, 0.15) is 43.0 Å². The maximum absolute atomic E-state index is 13.5. The maximum Gasteiger partial charge on any atom is 0.417 e. The highest BCUT2D eigenvalue weighted by Crippen LogP contribution is 2.54. The van der Waals surface area contributed by atoms with E-state index in [0.717, 1.165) is 22.9 Å². The van der Waals surface area contributed by atoms with Crippen LogP contribution >= 0.6 is 11.6 Å². The number of fused-ring (bicyclic) bond motifs is 5. The molecule has 8 heteroatoms. The first-order chi connectivity index (χ1) is 16.9. The van der Waals surface area contributed by atoms with Crippen molar-refractivity contribution in [3.63, 3.8) is 0 Å². The van der Waals surface area contributed by atoms with Crippen LogP contribution in [0.3, 0.4) is 0 Å². The number of allylic oxidation sites excluding steroid dienone is 1. The maximum atomic E-state index is 13.5. The van der Waals surface area contributed by atoms with Gasteiger partial charge in [0.2, 0.25) is 0 Å². The van der Waals surface area contributed by atoms with Crippen LogP contribution in [0.4, 0.5) is 18.9 Å². The highest BCUT2D eigenvalue weighted by atomic mass is 35.5. The summed E-state index contributed by atoms with van der Waals surface area (Å²) in [5, 5.41) is 13.5. The topological polar surface area (TPSA) is 50.7 Å². The largest absolute Gasteiger partial charge is 0.504 e. The van der Waals surface area contributed by atoms with E-state index in [0.29, 0.717) is 28.2 Å². The Balaban J connectivity index is 1.83. The van der Waals surface area contributed by atoms with Gasteiger partial charge in [-0.1, -0.05) is 35.9 Å². The summed E-state index contributed by atoms with van der Waals surface area (Å²) < 4.78 is 52.4. The summed E-state index contributed by atoms with van der Waals surface area (Å²) in [5.74, 6) is 0.925. The molecule has 0 unspecified atom stereocenters. The molecule has 186 valence electrons. The highest BCUT2D eigenvalue weighted by Gasteiger charge is 2.35. The van der Waals surface area contributed by atoms with Gasteiger partial charge in [-0.25, -0.2) is 0 Å². The highest BCUT2D eigenvalue weighted by molar-refractivity contribution is 6.33. The molecule has 5 rings (SSSR count). The average molecular weight is 514 g/mol. The minimum Gasteiger partial charge on any atom is -0.504 e. The van der Waals surface area contributed by atoms with Crippen molar-refractivity contribution in [2.75, 3.05) is 12.4 Å². The molecule has 0 bridgehead atoms. The number of alkyl halides is 3. The number of nitrogens with one attached hydrogen (secondary N) is 1. The lowest BCUT2D eigenvalue weighted by Crippen LogP contribution is -2.32. The van der Waals surface area contributed by atoms with Gasteiger partial charge >= 0.3 is 6.18 Å². The second kappa shape index (κ2) is 8.23. The molecule has 2 heterocycles. The van der Waals surface area contributed by atoms with Crippen LogP contribution < -0.4 is 14.8 Å². The molecule has 2 aliphatic heterocycles. The van der Waals surface area contributed by atoms with Crippen molar-refractivity contribution in [3.8, 4) is 28.4 Å². The zero-order valence-corrected chi connectivity index (χ0v) is 20.7. The molecule has 0 saturated heterocycles. The van der Waals surface area contributed by atoms with Crippen LogP contribution in [0.25, 0.3) is 28.5 Å². The van der Waals surface area contributed by atoms with Gasteiger partial charge in [-0.15, -0.1) is 0 Å². The number of ether oxygens (including phenoxy) is 2. The number of benzene rings is 3. The lowest BCUT2D eigenvalue weighted by atomic mass is 9.82. The van der Waals surface area contributed by atoms with Gasteiger partial charge in [0.15, 0.2) is 11.5 Å². The summed E-state index contributed by atoms with van der Waals surface area (Å²) in [4.78, 5) is 0. The number of methoxy groups -OCH3 is 1. The van der Waals surface area contributed by atoms with Gasteiger partial charge in [-0.3, -0.25) is 0 Å². The summed E-state index contributed by atoms with van der Waals surface area (Å²) in [6.45, 7) is 6.07. The normalized spacial score (nSPS) is 16.8. The van der Waals surface area contributed by atoms with Crippen molar-refractivity contribution in [1.29, 1.82) is 0 Å². The number of aromatic hydroxyl groups is 1. The van der Waals surface area contributed by atoms with E-state index in [4.69, 9.17) is 21.1 Å². The Labute approximate surface area is 211 Å². The van der Waals surface area contributed by atoms with E-state index in [2.05, 4.69) is 11.4 Å². The molecule has 0 spiro atoms. The summed E-state index contributed by atoms with van der Waals surface area (Å²) in [6, 6.07) is 10.7. The van der Waals surface area contributed by atoms with Crippen LogP contribution in [0.2, 0.25) is 5.02 Å². The summed E-state index contributed by atoms with van der Waals surface area (Å²) in [5.41, 5.74) is 3.55. The van der Waals surface area contributed by atoms with Crippen LogP contribution in [0, 0.1) is 0 Å². The van der Waals surface area contributed by atoms with E-state index in [9.17, 15) is 18.3 Å². The predicted octanol–water partition coefficient (Wildman–Crippen LogP) is 8.24. The van der Waals surface area contributed by atoms with Gasteiger partial charge in [-0.05, 0) is 62.2 Å². The SMILES string of the molecule is COc1c(O)ccc2c1-c1ccc3c(c1/C(=C/c1cccc(C(F)(F)F)c1Cl)O2)C(C)=CC(C)(C)N3. The Morgan fingerprint density at radius 2 is 1.81 bits per heavy atom. The molecule has 2 N–H and O–H groups in total. The van der Waals surface area contributed by atoms with E-state index in [1.807, 2.05) is 32.9 Å². The molecular weight excluding hydrogens is 491 g/mol. The number of halogens is 4. The standard InChI is InChI=1S/C28H23ClF3NO3/c1-14-13-27(2,3)33-18-9-8-16-23(22(14)18)21(36-20-11-10-19(34)26(35-4)24(16)20)12-15-6-5-7-17(25(15)29)28(30,31)32/h5-13,33-34H,1-4H3/b21-12-. The van der Waals surface area contributed by atoms with Gasteiger partial charge in [-0.2, -0.15) is 13.2 Å². The van der Waals surface area contributed by atoms with Gasteiger partial charge in [0.05, 0.1) is 28.8 Å². The number of rotatable bonds is 2. The summed E-state index contributed by atoms with van der Waals surface area (Å²) in [6.07, 6.45) is -0.992.